The quantitative estimate of drug-likeness (QED) is 0.346. The zero-order valence-electron chi connectivity index (χ0n) is 14.2. The molecule has 7 nitrogen and oxygen atoms in total. The Labute approximate surface area is 141 Å². The van der Waals surface area contributed by atoms with Crippen molar-refractivity contribution in [1.82, 2.24) is 0 Å². The average Bonchev–Trinajstić information content (AvgIpc) is 2.57. The van der Waals surface area contributed by atoms with E-state index < -0.39 is 6.04 Å². The Bertz CT molecular complexity index is 589. The predicted molar refractivity (Wildman–Crippen MR) is 88.1 cm³/mol. The Morgan fingerprint density at radius 1 is 1.33 bits per heavy atom. The molecule has 5 atom stereocenters. The number of ether oxygens (including phenoxy) is 3. The van der Waals surface area contributed by atoms with Crippen LogP contribution in [0.3, 0.4) is 0 Å². The van der Waals surface area contributed by atoms with Gasteiger partial charge in [0.25, 0.3) is 0 Å². The molecule has 1 heterocycles. The molecule has 1 aliphatic heterocycles. The maximum Gasteiger partial charge on any atom is 0.302 e. The summed E-state index contributed by atoms with van der Waals surface area (Å²) in [6.07, 6.45) is -0.932. The molecule has 0 N–H and O–H groups in total. The van der Waals surface area contributed by atoms with E-state index in [2.05, 4.69) is 10.0 Å². The molecule has 130 valence electrons. The van der Waals surface area contributed by atoms with Gasteiger partial charge in [0.2, 0.25) is 0 Å². The van der Waals surface area contributed by atoms with Gasteiger partial charge in [-0.3, -0.25) is 4.79 Å². The monoisotopic (exact) mass is 333 g/mol. The lowest BCUT2D eigenvalue weighted by Gasteiger charge is -2.42. The fourth-order valence-electron chi connectivity index (χ4n) is 2.90. The van der Waals surface area contributed by atoms with Gasteiger partial charge in [0.1, 0.15) is 6.61 Å². The molecule has 1 aromatic carbocycles. The van der Waals surface area contributed by atoms with E-state index in [1.807, 2.05) is 44.2 Å². The standard InChI is InChI=1S/C17H23N3O4/c1-11-15(10-22-13(3)21)24-12(2)16(19-20-18)17(11)23-9-14-7-5-4-6-8-14/h4-8,11-12,15-17H,9-10H2,1-3H3/t11-,12-,15?,16?,17?/m1/s1. The van der Waals surface area contributed by atoms with Crippen molar-refractivity contribution >= 4 is 5.97 Å². The van der Waals surface area contributed by atoms with E-state index in [0.29, 0.717) is 6.61 Å². The lowest BCUT2D eigenvalue weighted by Crippen LogP contribution is -2.54. The zero-order chi connectivity index (χ0) is 17.5. The molecule has 1 aromatic rings. The Balaban J connectivity index is 2.10. The van der Waals surface area contributed by atoms with Crippen LogP contribution in [0.15, 0.2) is 35.4 Å². The number of azide groups is 1. The normalized spacial score (nSPS) is 29.5. The molecule has 0 aliphatic carbocycles. The van der Waals surface area contributed by atoms with Gasteiger partial charge in [-0.05, 0) is 18.0 Å². The van der Waals surface area contributed by atoms with Crippen molar-refractivity contribution in [2.45, 2.75) is 51.7 Å². The lowest BCUT2D eigenvalue weighted by molar-refractivity contribution is -0.180. The number of hydrogen-bond acceptors (Lipinski definition) is 5. The fraction of sp³-hybridized carbons (Fsp3) is 0.588. The van der Waals surface area contributed by atoms with E-state index in [0.717, 1.165) is 5.56 Å². The molecule has 1 aliphatic rings. The second-order valence-electron chi connectivity index (χ2n) is 6.00. The van der Waals surface area contributed by atoms with E-state index in [4.69, 9.17) is 19.7 Å². The van der Waals surface area contributed by atoms with Crippen molar-refractivity contribution in [2.75, 3.05) is 6.61 Å². The first-order chi connectivity index (χ1) is 11.5. The van der Waals surface area contributed by atoms with Crippen LogP contribution in [0, 0.1) is 5.92 Å². The number of benzene rings is 1. The van der Waals surface area contributed by atoms with Gasteiger partial charge in [0.05, 0.1) is 31.0 Å². The SMILES string of the molecule is CC(=O)OCC1O[C@H](C)C(N=[N+]=[N-])C(OCc2ccccc2)[C@@H]1C. The Morgan fingerprint density at radius 2 is 2.04 bits per heavy atom. The Morgan fingerprint density at radius 3 is 2.67 bits per heavy atom. The largest absolute Gasteiger partial charge is 0.463 e. The Kier molecular flexibility index (Phi) is 6.61. The summed E-state index contributed by atoms with van der Waals surface area (Å²) in [5.41, 5.74) is 9.89. The first kappa shape index (κ1) is 18.3. The summed E-state index contributed by atoms with van der Waals surface area (Å²) in [5.74, 6) is -0.433. The van der Waals surface area contributed by atoms with Gasteiger partial charge in [0.15, 0.2) is 0 Å². The van der Waals surface area contributed by atoms with Crippen LogP contribution in [0.4, 0.5) is 0 Å². The number of rotatable bonds is 6. The minimum atomic E-state index is -0.428. The summed E-state index contributed by atoms with van der Waals surface area (Å²) in [6, 6.07) is 9.37. The van der Waals surface area contributed by atoms with E-state index >= 15 is 0 Å². The van der Waals surface area contributed by atoms with Crippen molar-refractivity contribution in [2.24, 2.45) is 11.0 Å². The molecule has 2 rings (SSSR count). The van der Waals surface area contributed by atoms with Crippen LogP contribution >= 0.6 is 0 Å². The number of esters is 1. The van der Waals surface area contributed by atoms with Crippen LogP contribution in [-0.2, 0) is 25.6 Å². The number of nitrogens with zero attached hydrogens (tertiary/aromatic N) is 3. The molecule has 0 aromatic heterocycles. The number of hydrogen-bond donors (Lipinski definition) is 0. The minimum Gasteiger partial charge on any atom is -0.463 e. The molecular formula is C17H23N3O4. The number of carbonyl (C=O) groups excluding carboxylic acids is 1. The summed E-state index contributed by atoms with van der Waals surface area (Å²) in [4.78, 5) is 14.0. The summed E-state index contributed by atoms with van der Waals surface area (Å²) >= 11 is 0. The van der Waals surface area contributed by atoms with Crippen LogP contribution in [0.25, 0.3) is 10.4 Å². The van der Waals surface area contributed by atoms with Gasteiger partial charge < -0.3 is 14.2 Å². The van der Waals surface area contributed by atoms with Gasteiger partial charge in [-0.25, -0.2) is 0 Å². The summed E-state index contributed by atoms with van der Waals surface area (Å²) in [5, 5.41) is 3.86. The van der Waals surface area contributed by atoms with Crippen molar-refractivity contribution in [3.05, 3.63) is 46.3 Å². The molecule has 0 radical (unpaired) electrons. The number of carbonyl (C=O) groups is 1. The molecule has 24 heavy (non-hydrogen) atoms. The molecule has 0 bridgehead atoms. The van der Waals surface area contributed by atoms with Gasteiger partial charge in [0, 0.05) is 17.8 Å². The smallest absolute Gasteiger partial charge is 0.302 e. The molecule has 0 amide bonds. The molecule has 1 fully saturated rings. The van der Waals surface area contributed by atoms with Crippen molar-refractivity contribution in [3.8, 4) is 0 Å². The highest BCUT2D eigenvalue weighted by atomic mass is 16.6. The third-order valence-corrected chi connectivity index (χ3v) is 4.23. The first-order valence-corrected chi connectivity index (χ1v) is 8.01. The summed E-state index contributed by atoms with van der Waals surface area (Å²) in [7, 11) is 0. The summed E-state index contributed by atoms with van der Waals surface area (Å²) < 4.78 is 17.0. The van der Waals surface area contributed by atoms with Gasteiger partial charge in [-0.1, -0.05) is 42.4 Å². The minimum absolute atomic E-state index is 0.0836. The van der Waals surface area contributed by atoms with Gasteiger partial charge in [-0.15, -0.1) is 0 Å². The fourth-order valence-corrected chi connectivity index (χ4v) is 2.90. The topological polar surface area (TPSA) is 93.5 Å². The summed E-state index contributed by atoms with van der Waals surface area (Å²) in [6.45, 7) is 5.73. The van der Waals surface area contributed by atoms with Crippen molar-refractivity contribution < 1.29 is 19.0 Å². The van der Waals surface area contributed by atoms with Gasteiger partial charge >= 0.3 is 5.97 Å². The zero-order valence-corrected chi connectivity index (χ0v) is 14.2. The van der Waals surface area contributed by atoms with E-state index in [1.54, 1.807) is 0 Å². The van der Waals surface area contributed by atoms with Crippen molar-refractivity contribution in [1.29, 1.82) is 0 Å². The molecule has 1 saturated heterocycles. The van der Waals surface area contributed by atoms with Crippen LogP contribution in [0.1, 0.15) is 26.3 Å². The van der Waals surface area contributed by atoms with Crippen LogP contribution in [0.5, 0.6) is 0 Å². The van der Waals surface area contributed by atoms with E-state index in [1.165, 1.54) is 6.92 Å². The third kappa shape index (κ3) is 4.71. The first-order valence-electron chi connectivity index (χ1n) is 8.01. The van der Waals surface area contributed by atoms with E-state index in [-0.39, 0.29) is 36.8 Å². The highest BCUT2D eigenvalue weighted by molar-refractivity contribution is 5.65. The second kappa shape index (κ2) is 8.68. The van der Waals surface area contributed by atoms with Crippen LogP contribution < -0.4 is 0 Å². The second-order valence-corrected chi connectivity index (χ2v) is 6.00. The van der Waals surface area contributed by atoms with Gasteiger partial charge in [-0.2, -0.15) is 0 Å². The van der Waals surface area contributed by atoms with Crippen molar-refractivity contribution in [3.63, 3.8) is 0 Å². The molecule has 0 saturated carbocycles. The average molecular weight is 333 g/mol. The molecule has 7 heteroatoms. The Hall–Kier alpha value is -2.08. The van der Waals surface area contributed by atoms with E-state index in [9.17, 15) is 4.79 Å². The molecule has 3 unspecified atom stereocenters. The maximum absolute atomic E-state index is 11.1. The van der Waals surface area contributed by atoms with Crippen LogP contribution in [0.2, 0.25) is 0 Å². The molecular weight excluding hydrogens is 310 g/mol. The highest BCUT2D eigenvalue weighted by Gasteiger charge is 2.42. The lowest BCUT2D eigenvalue weighted by atomic mass is 9.87. The third-order valence-electron chi connectivity index (χ3n) is 4.23. The molecule has 0 spiro atoms. The predicted octanol–water partition coefficient (Wildman–Crippen LogP) is 3.24. The van der Waals surface area contributed by atoms with Crippen LogP contribution in [-0.4, -0.2) is 36.9 Å². The highest BCUT2D eigenvalue weighted by Crippen LogP contribution is 2.31. The maximum atomic E-state index is 11.1.